The normalized spacial score (nSPS) is 13.9. The first-order valence-corrected chi connectivity index (χ1v) is 26.7. The fourth-order valence-corrected chi connectivity index (χ4v) is 7.47. The van der Waals surface area contributed by atoms with E-state index in [0.29, 0.717) is 0 Å². The number of nitrogens with two attached hydrogens (primary N) is 1. The highest BCUT2D eigenvalue weighted by molar-refractivity contribution is 7.80. The fraction of sp³-hybridized carbons (Fsp3) is 0.553. The second kappa shape index (κ2) is 40.6. The number of nitrogens with one attached hydrogen (secondary N) is 11. The number of aliphatic carboxylic acids is 10. The Morgan fingerprint density at radius 2 is 0.495 bits per heavy atom. The smallest absolute Gasteiger partial charge is 0.326 e. The van der Waals surface area contributed by atoms with Crippen molar-refractivity contribution in [3.05, 3.63) is 0 Å². The topological polar surface area (TPSA) is 719 Å². The van der Waals surface area contributed by atoms with E-state index in [1.54, 1.807) is 21.3 Å². The number of carboxylic acids is 10. The summed E-state index contributed by atoms with van der Waals surface area (Å²) >= 11 is 3.93. The molecule has 0 radical (unpaired) electrons. The van der Waals surface area contributed by atoms with Crippen LogP contribution in [0.2, 0.25) is 0 Å². The molecule has 11 amide bonds. The van der Waals surface area contributed by atoms with Crippen LogP contribution >= 0.6 is 12.6 Å². The summed E-state index contributed by atoms with van der Waals surface area (Å²) in [6.45, 7) is -1.80. The Labute approximate surface area is 514 Å². The van der Waals surface area contributed by atoms with Gasteiger partial charge in [0.2, 0.25) is 65.0 Å². The SMILES string of the molecule is NCC(=O)N[C@@H](CCC(=O)O)C(=O)N[C@@H](CC(=O)O)C(=O)N[C@@H](CC(=O)O)C(=O)N[C@@H](CC(=O)O)C(=O)N[C@@H](CC(=O)O)C(=O)N[C@@H](CC(=O)O)C(=O)N[C@@H](CCC(=O)O)C(=O)N[C@@H](CS)C(=O)NCC(=O)N[C@@H](CCC(=O)O)C(=O)N[C@@H](CCC(=O)O)C(=O)O. The number of rotatable bonds is 46. The average Bonchev–Trinajstić information content (AvgIpc) is 1.05. The lowest BCUT2D eigenvalue weighted by molar-refractivity contribution is -0.145. The molecule has 0 saturated carbocycles. The molecule has 0 aromatic carbocycles. The maximum atomic E-state index is 13.7. The van der Waals surface area contributed by atoms with Crippen LogP contribution in [0.15, 0.2) is 0 Å². The minimum absolute atomic E-state index is 0.633. The summed E-state index contributed by atoms with van der Waals surface area (Å²) in [5.41, 5.74) is 5.21. The van der Waals surface area contributed by atoms with Crippen molar-refractivity contribution in [2.45, 2.75) is 144 Å². The Balaban J connectivity index is 6.71. The molecule has 0 aromatic rings. The standard InChI is InChI=1S/C47H66N12O31S/c48-14-27(60)50-17(1-5-29(62)63)40(82)54-22(10-34(72)73)43(85)56-24(12-36(76)77)45(87)58-25(13-37(78)79)46(88)57-23(11-35(74)75)44(86)55-21(9-33(70)71)42(84)52-19(3-7-31(66)67)41(83)59-26(16-91)38(80)49-15-28(61)51-18(2-6-30(64)65)39(81)53-20(47(89)90)4-8-32(68)69/h17-26,91H,1-16,48H2,(H,49,80)(H,50,60)(H,51,61)(H,52,84)(H,53,81)(H,54,82)(H,55,86)(H,56,85)(H,57,88)(H,58,87)(H,59,83)(H,62,63)(H,64,65)(H,66,67)(H,68,69)(H,70,71)(H,72,73)(H,74,75)(H,76,77)(H,78,79)(H,89,90)/t17-,18-,19-,20-,21-,22-,23-,24-,25-,26-/m0/s1. The molecule has 0 saturated heterocycles. The van der Waals surface area contributed by atoms with E-state index in [2.05, 4.69) is 12.6 Å². The molecular weight excluding hydrogens is 1260 g/mol. The van der Waals surface area contributed by atoms with Gasteiger partial charge in [0.15, 0.2) is 0 Å². The molecule has 0 unspecified atom stereocenters. The second-order valence-electron chi connectivity index (χ2n) is 18.9. The van der Waals surface area contributed by atoms with E-state index in [1.165, 1.54) is 0 Å². The van der Waals surface area contributed by atoms with Gasteiger partial charge in [-0.25, -0.2) is 4.79 Å². The molecule has 23 N–H and O–H groups in total. The Morgan fingerprint density at radius 3 is 0.736 bits per heavy atom. The minimum atomic E-state index is -2.50. The molecule has 0 spiro atoms. The van der Waals surface area contributed by atoms with Crippen LogP contribution in [0.25, 0.3) is 0 Å². The highest BCUT2D eigenvalue weighted by Crippen LogP contribution is 2.09. The van der Waals surface area contributed by atoms with Crippen molar-refractivity contribution in [3.8, 4) is 0 Å². The van der Waals surface area contributed by atoms with E-state index in [1.807, 2.05) is 37.2 Å². The molecule has 0 heterocycles. The number of carbonyl (C=O) groups is 21. The van der Waals surface area contributed by atoms with Crippen molar-refractivity contribution >= 4 is 137 Å². The number of hydrogen-bond donors (Lipinski definition) is 23. The summed E-state index contributed by atoms with van der Waals surface area (Å²) in [4.78, 5) is 261. The van der Waals surface area contributed by atoms with Crippen LogP contribution in [0, 0.1) is 0 Å². The van der Waals surface area contributed by atoms with E-state index in [9.17, 15) is 136 Å². The Morgan fingerprint density at radius 1 is 0.275 bits per heavy atom. The van der Waals surface area contributed by atoms with Crippen LogP contribution in [-0.4, -0.2) is 255 Å². The van der Waals surface area contributed by atoms with Gasteiger partial charge in [0.25, 0.3) is 0 Å². The first kappa shape index (κ1) is 80.2. The van der Waals surface area contributed by atoms with Crippen LogP contribution in [0.5, 0.6) is 0 Å². The summed E-state index contributed by atoms with van der Waals surface area (Å²) in [5, 5.41) is 115. The molecule has 506 valence electrons. The van der Waals surface area contributed by atoms with Crippen molar-refractivity contribution < 1.29 is 152 Å². The molecule has 44 heteroatoms. The molecule has 0 aromatic heterocycles. The molecule has 0 bridgehead atoms. The first-order chi connectivity index (χ1) is 42.3. The number of carboxylic acid groups (broad SMARTS) is 10. The second-order valence-corrected chi connectivity index (χ2v) is 19.3. The van der Waals surface area contributed by atoms with Gasteiger partial charge in [-0.15, -0.1) is 0 Å². The minimum Gasteiger partial charge on any atom is -0.481 e. The zero-order chi connectivity index (χ0) is 70.0. The number of hydrogen-bond acceptors (Lipinski definition) is 23. The van der Waals surface area contributed by atoms with E-state index in [4.69, 9.17) is 21.1 Å². The molecule has 0 aliphatic heterocycles. The third-order valence-corrected chi connectivity index (χ3v) is 12.0. The van der Waals surface area contributed by atoms with Crippen molar-refractivity contribution in [2.24, 2.45) is 5.73 Å². The number of thiol groups is 1. The zero-order valence-corrected chi connectivity index (χ0v) is 48.1. The highest BCUT2D eigenvalue weighted by atomic mass is 32.1. The van der Waals surface area contributed by atoms with Crippen molar-refractivity contribution in [3.63, 3.8) is 0 Å². The highest BCUT2D eigenvalue weighted by Gasteiger charge is 2.38. The van der Waals surface area contributed by atoms with Gasteiger partial charge >= 0.3 is 59.7 Å². The van der Waals surface area contributed by atoms with Crippen molar-refractivity contribution in [1.29, 1.82) is 0 Å². The lowest BCUT2D eigenvalue weighted by Crippen LogP contribution is -2.61. The Kier molecular flexibility index (Phi) is 35.8. The van der Waals surface area contributed by atoms with Gasteiger partial charge < -0.3 is 115 Å². The summed E-state index contributed by atoms with van der Waals surface area (Å²) < 4.78 is 0. The molecule has 43 nitrogen and oxygen atoms in total. The monoisotopic (exact) mass is 1330 g/mol. The van der Waals surface area contributed by atoms with E-state index >= 15 is 0 Å². The van der Waals surface area contributed by atoms with Crippen LogP contribution < -0.4 is 64.2 Å². The van der Waals surface area contributed by atoms with Crippen LogP contribution in [0.1, 0.15) is 83.5 Å². The predicted molar refractivity (Wildman–Crippen MR) is 292 cm³/mol. The molecule has 91 heavy (non-hydrogen) atoms. The molecule has 10 atom stereocenters. The Hall–Kier alpha value is -10.8. The van der Waals surface area contributed by atoms with Crippen LogP contribution in [0.4, 0.5) is 0 Å². The van der Waals surface area contributed by atoms with E-state index in [-0.39, 0.29) is 0 Å². The van der Waals surface area contributed by atoms with Crippen LogP contribution in [-0.2, 0) is 101 Å². The van der Waals surface area contributed by atoms with Gasteiger partial charge in [-0.2, -0.15) is 12.6 Å². The lowest BCUT2D eigenvalue weighted by atomic mass is 10.1. The van der Waals surface area contributed by atoms with Gasteiger partial charge in [-0.05, 0) is 25.7 Å². The summed E-state index contributed by atoms with van der Waals surface area (Å²) in [5.74, 6) is -34.3. The third kappa shape index (κ3) is 33.8. The molecule has 0 aliphatic carbocycles. The van der Waals surface area contributed by atoms with E-state index in [0.717, 1.165) is 0 Å². The van der Waals surface area contributed by atoms with Gasteiger partial charge in [-0.1, -0.05) is 0 Å². The fourth-order valence-electron chi connectivity index (χ4n) is 7.22. The number of amides is 11. The van der Waals surface area contributed by atoms with Gasteiger partial charge in [-0.3, -0.25) is 95.9 Å². The molecule has 0 fully saturated rings. The quantitative estimate of drug-likeness (QED) is 0.0252. The van der Waals surface area contributed by atoms with Gasteiger partial charge in [0.1, 0.15) is 60.4 Å². The predicted octanol–water partition coefficient (Wildman–Crippen LogP) is -10.2. The first-order valence-electron chi connectivity index (χ1n) is 26.1. The van der Waals surface area contributed by atoms with Crippen LogP contribution in [0.3, 0.4) is 0 Å². The molecular formula is C47H66N12O31S. The van der Waals surface area contributed by atoms with Crippen molar-refractivity contribution in [2.75, 3.05) is 18.8 Å². The number of carbonyl (C=O) groups excluding carboxylic acids is 11. The lowest BCUT2D eigenvalue weighted by Gasteiger charge is -2.27. The molecule has 0 aliphatic rings. The Bertz CT molecular complexity index is 2800. The van der Waals surface area contributed by atoms with Gasteiger partial charge in [0.05, 0.1) is 45.2 Å². The summed E-state index contributed by atoms with van der Waals surface area (Å²) in [7, 11) is 0. The zero-order valence-electron chi connectivity index (χ0n) is 47.2. The average molecular weight is 1330 g/mol. The van der Waals surface area contributed by atoms with E-state index < -0.39 is 287 Å². The summed E-state index contributed by atoms with van der Waals surface area (Å²) in [6, 6.07) is -21.4. The summed E-state index contributed by atoms with van der Waals surface area (Å²) in [6.07, 6.45) is -13.4. The maximum Gasteiger partial charge on any atom is 0.326 e. The largest absolute Gasteiger partial charge is 0.481 e. The molecule has 0 rings (SSSR count). The third-order valence-electron chi connectivity index (χ3n) is 11.6. The van der Waals surface area contributed by atoms with Gasteiger partial charge in [0, 0.05) is 31.4 Å². The van der Waals surface area contributed by atoms with Crippen molar-refractivity contribution in [1.82, 2.24) is 58.5 Å². The maximum absolute atomic E-state index is 13.7.